The molecule has 17 heavy (non-hydrogen) atoms. The largest absolute Gasteiger partial charge is 0.370 e. The van der Waals surface area contributed by atoms with E-state index in [9.17, 15) is 0 Å². The molecular weight excluding hydrogens is 210 g/mol. The first-order valence-corrected chi connectivity index (χ1v) is 7.67. The minimum Gasteiger partial charge on any atom is -0.370 e. The number of hydrogen-bond donors (Lipinski definition) is 1. The summed E-state index contributed by atoms with van der Waals surface area (Å²) >= 11 is 0. The molecule has 0 bridgehead atoms. The fraction of sp³-hybridized carbons (Fsp3) is 1.00. The summed E-state index contributed by atoms with van der Waals surface area (Å²) in [5.41, 5.74) is 0.312. The van der Waals surface area contributed by atoms with Gasteiger partial charge in [0.2, 0.25) is 0 Å². The number of rotatable bonds is 5. The summed E-state index contributed by atoms with van der Waals surface area (Å²) in [5.74, 6) is 1.03. The topological polar surface area (TPSA) is 21.3 Å². The summed E-state index contributed by atoms with van der Waals surface area (Å²) in [4.78, 5) is 0. The zero-order valence-electron chi connectivity index (χ0n) is 11.2. The maximum atomic E-state index is 6.32. The van der Waals surface area contributed by atoms with E-state index in [0.29, 0.717) is 17.7 Å². The van der Waals surface area contributed by atoms with E-state index in [1.54, 1.807) is 0 Å². The van der Waals surface area contributed by atoms with Crippen molar-refractivity contribution >= 4 is 0 Å². The molecule has 2 aliphatic carbocycles. The van der Waals surface area contributed by atoms with Gasteiger partial charge in [0.25, 0.3) is 0 Å². The number of hydrogen-bond acceptors (Lipinski definition) is 2. The van der Waals surface area contributed by atoms with Crippen LogP contribution in [0.5, 0.6) is 0 Å². The molecule has 1 aliphatic heterocycles. The van der Waals surface area contributed by atoms with Crippen molar-refractivity contribution in [3.63, 3.8) is 0 Å². The number of nitrogens with one attached hydrogen (secondary N) is 1. The van der Waals surface area contributed by atoms with Crippen LogP contribution in [-0.2, 0) is 4.74 Å². The molecule has 0 aromatic rings. The minimum atomic E-state index is 0.312. The van der Waals surface area contributed by atoms with Crippen LogP contribution >= 0.6 is 0 Å². The third-order valence-electron chi connectivity index (χ3n) is 4.93. The van der Waals surface area contributed by atoms with Crippen LogP contribution in [0.1, 0.15) is 64.7 Å². The average molecular weight is 237 g/mol. The first-order valence-electron chi connectivity index (χ1n) is 7.67. The van der Waals surface area contributed by atoms with E-state index in [0.717, 1.165) is 12.5 Å². The van der Waals surface area contributed by atoms with Gasteiger partial charge in [-0.2, -0.15) is 0 Å². The lowest BCUT2D eigenvalue weighted by Crippen LogP contribution is -2.35. The van der Waals surface area contributed by atoms with E-state index < -0.39 is 0 Å². The molecule has 0 amide bonds. The molecule has 1 heterocycles. The van der Waals surface area contributed by atoms with Gasteiger partial charge in [-0.05, 0) is 44.9 Å². The summed E-state index contributed by atoms with van der Waals surface area (Å²) < 4.78 is 6.32. The van der Waals surface area contributed by atoms with Gasteiger partial charge in [0, 0.05) is 12.6 Å². The maximum absolute atomic E-state index is 6.32. The van der Waals surface area contributed by atoms with Crippen molar-refractivity contribution in [2.24, 2.45) is 5.92 Å². The van der Waals surface area contributed by atoms with Crippen LogP contribution in [-0.4, -0.2) is 24.3 Å². The van der Waals surface area contributed by atoms with Crippen LogP contribution in [0.25, 0.3) is 0 Å². The molecule has 2 saturated carbocycles. The van der Waals surface area contributed by atoms with Crippen LogP contribution in [0.2, 0.25) is 0 Å². The fourth-order valence-corrected chi connectivity index (χ4v) is 3.70. The standard InChI is InChI=1S/C15H27NO/c1-12(10-13-4-5-13)16-11-14-6-9-15(17-14)7-2-3-8-15/h12-14,16H,2-11H2,1H3. The maximum Gasteiger partial charge on any atom is 0.0708 e. The van der Waals surface area contributed by atoms with E-state index in [-0.39, 0.29) is 0 Å². The van der Waals surface area contributed by atoms with Crippen LogP contribution in [0.3, 0.4) is 0 Å². The Morgan fingerprint density at radius 1 is 1.18 bits per heavy atom. The second-order valence-electron chi connectivity index (χ2n) is 6.66. The minimum absolute atomic E-state index is 0.312. The summed E-state index contributed by atoms with van der Waals surface area (Å²) in [6, 6.07) is 0.686. The molecule has 0 aromatic carbocycles. The zero-order valence-corrected chi connectivity index (χ0v) is 11.2. The highest BCUT2D eigenvalue weighted by Gasteiger charge is 2.41. The summed E-state index contributed by atoms with van der Waals surface area (Å²) in [7, 11) is 0. The van der Waals surface area contributed by atoms with Gasteiger partial charge in [-0.25, -0.2) is 0 Å². The lowest BCUT2D eigenvalue weighted by molar-refractivity contribution is -0.0358. The van der Waals surface area contributed by atoms with Gasteiger partial charge in [0.1, 0.15) is 0 Å². The quantitative estimate of drug-likeness (QED) is 0.792. The van der Waals surface area contributed by atoms with Crippen molar-refractivity contribution < 1.29 is 4.74 Å². The van der Waals surface area contributed by atoms with Crippen molar-refractivity contribution in [2.75, 3.05) is 6.54 Å². The van der Waals surface area contributed by atoms with Gasteiger partial charge in [-0.1, -0.05) is 25.7 Å². The van der Waals surface area contributed by atoms with E-state index in [2.05, 4.69) is 12.2 Å². The normalized spacial score (nSPS) is 33.4. The Hall–Kier alpha value is -0.0800. The Morgan fingerprint density at radius 2 is 1.94 bits per heavy atom. The van der Waals surface area contributed by atoms with Gasteiger partial charge in [0.15, 0.2) is 0 Å². The Kier molecular flexibility index (Phi) is 3.45. The van der Waals surface area contributed by atoms with Crippen molar-refractivity contribution in [3.05, 3.63) is 0 Å². The summed E-state index contributed by atoms with van der Waals surface area (Å²) in [6.07, 6.45) is 12.8. The predicted octanol–water partition coefficient (Wildman–Crippen LogP) is 3.26. The number of ether oxygens (including phenoxy) is 1. The molecule has 1 saturated heterocycles. The van der Waals surface area contributed by atoms with E-state index in [1.807, 2.05) is 0 Å². The Morgan fingerprint density at radius 3 is 2.65 bits per heavy atom. The van der Waals surface area contributed by atoms with Gasteiger partial charge in [-0.15, -0.1) is 0 Å². The van der Waals surface area contributed by atoms with E-state index in [4.69, 9.17) is 4.74 Å². The van der Waals surface area contributed by atoms with E-state index in [1.165, 1.54) is 57.8 Å². The molecular formula is C15H27NO. The van der Waals surface area contributed by atoms with Gasteiger partial charge in [-0.3, -0.25) is 0 Å². The van der Waals surface area contributed by atoms with Gasteiger partial charge >= 0.3 is 0 Å². The van der Waals surface area contributed by atoms with Gasteiger partial charge in [0.05, 0.1) is 11.7 Å². The van der Waals surface area contributed by atoms with Crippen molar-refractivity contribution in [1.82, 2.24) is 5.32 Å². The Bertz CT molecular complexity index is 256. The zero-order chi connectivity index (χ0) is 11.7. The predicted molar refractivity (Wildman–Crippen MR) is 70.1 cm³/mol. The first-order chi connectivity index (χ1) is 8.26. The second kappa shape index (κ2) is 4.89. The van der Waals surface area contributed by atoms with Crippen molar-refractivity contribution in [3.8, 4) is 0 Å². The smallest absolute Gasteiger partial charge is 0.0708 e. The highest BCUT2D eigenvalue weighted by molar-refractivity contribution is 4.93. The Labute approximate surface area is 105 Å². The second-order valence-corrected chi connectivity index (χ2v) is 6.66. The molecule has 2 nitrogen and oxygen atoms in total. The van der Waals surface area contributed by atoms with Crippen LogP contribution in [0.15, 0.2) is 0 Å². The molecule has 2 atom stereocenters. The van der Waals surface area contributed by atoms with Crippen LogP contribution < -0.4 is 5.32 Å². The third-order valence-corrected chi connectivity index (χ3v) is 4.93. The molecule has 3 aliphatic rings. The molecule has 2 heteroatoms. The van der Waals surface area contributed by atoms with E-state index >= 15 is 0 Å². The molecule has 1 spiro atoms. The lowest BCUT2D eigenvalue weighted by atomic mass is 9.98. The first kappa shape index (κ1) is 12.0. The third kappa shape index (κ3) is 3.03. The molecule has 0 radical (unpaired) electrons. The summed E-state index contributed by atoms with van der Waals surface area (Å²) in [5, 5.41) is 3.68. The Balaban J connectivity index is 1.38. The molecule has 98 valence electrons. The van der Waals surface area contributed by atoms with Crippen LogP contribution in [0, 0.1) is 5.92 Å². The van der Waals surface area contributed by atoms with Crippen LogP contribution in [0.4, 0.5) is 0 Å². The van der Waals surface area contributed by atoms with Gasteiger partial charge < -0.3 is 10.1 Å². The molecule has 3 fully saturated rings. The van der Waals surface area contributed by atoms with Crippen molar-refractivity contribution in [2.45, 2.75) is 82.5 Å². The fourth-order valence-electron chi connectivity index (χ4n) is 3.70. The average Bonchev–Trinajstić information content (AvgIpc) is 2.89. The van der Waals surface area contributed by atoms with Crippen molar-refractivity contribution in [1.29, 1.82) is 0 Å². The summed E-state index contributed by atoms with van der Waals surface area (Å²) in [6.45, 7) is 3.41. The molecule has 2 unspecified atom stereocenters. The molecule has 0 aromatic heterocycles. The SMILES string of the molecule is CC(CC1CC1)NCC1CCC2(CCCC2)O1. The molecule has 3 rings (SSSR count). The highest BCUT2D eigenvalue weighted by atomic mass is 16.5. The highest BCUT2D eigenvalue weighted by Crippen LogP contribution is 2.43. The molecule has 1 N–H and O–H groups in total. The monoisotopic (exact) mass is 237 g/mol. The lowest BCUT2D eigenvalue weighted by Gasteiger charge is -2.24.